The molecule has 3 nitrogen and oxygen atoms in total. The Hall–Kier alpha value is -3.95. The third-order valence-corrected chi connectivity index (χ3v) is 6.20. The van der Waals surface area contributed by atoms with Crippen LogP contribution in [0, 0.1) is 0 Å². The Labute approximate surface area is 197 Å². The van der Waals surface area contributed by atoms with Gasteiger partial charge in [-0.25, -0.2) is 4.98 Å². The fraction of sp³-hybridized carbons (Fsp3) is 0.0345. The van der Waals surface area contributed by atoms with Gasteiger partial charge in [-0.15, -0.1) is 0 Å². The molecule has 0 saturated heterocycles. The number of aldehydes is 1. The lowest BCUT2D eigenvalue weighted by Crippen LogP contribution is -2.36. The number of nitrogens with zero attached hydrogens (tertiary/aromatic N) is 2. The first-order chi connectivity index (χ1) is 16.2. The molecule has 0 aliphatic heterocycles. The molecule has 0 amide bonds. The molecule has 0 spiro atoms. The van der Waals surface area contributed by atoms with Gasteiger partial charge in [0.1, 0.15) is 5.54 Å². The van der Waals surface area contributed by atoms with E-state index in [9.17, 15) is 4.79 Å². The highest BCUT2D eigenvalue weighted by molar-refractivity contribution is 6.31. The van der Waals surface area contributed by atoms with Crippen LogP contribution < -0.4 is 0 Å². The van der Waals surface area contributed by atoms with Gasteiger partial charge in [-0.05, 0) is 28.8 Å². The summed E-state index contributed by atoms with van der Waals surface area (Å²) in [6.45, 7) is 0. The Kier molecular flexibility index (Phi) is 5.64. The normalized spacial score (nSPS) is 11.3. The monoisotopic (exact) mass is 448 g/mol. The highest BCUT2D eigenvalue weighted by Crippen LogP contribution is 2.41. The van der Waals surface area contributed by atoms with E-state index in [2.05, 4.69) is 77.4 Å². The van der Waals surface area contributed by atoms with Gasteiger partial charge in [0, 0.05) is 22.3 Å². The maximum Gasteiger partial charge on any atom is 0.150 e. The maximum absolute atomic E-state index is 11.7. The molecule has 0 aliphatic rings. The number of carbonyl (C=O) groups is 1. The van der Waals surface area contributed by atoms with Crippen molar-refractivity contribution >= 4 is 17.9 Å². The molecule has 5 aromatic rings. The van der Waals surface area contributed by atoms with Gasteiger partial charge in [0.2, 0.25) is 0 Å². The molecule has 5 rings (SSSR count). The Bertz CT molecular complexity index is 1280. The SMILES string of the molecule is O=Cc1cc(Cl)ccc1-c1cn(C(c2ccccc2)(c2ccccc2)c2ccccc2)cn1. The van der Waals surface area contributed by atoms with Crippen LogP contribution in [0.3, 0.4) is 0 Å². The summed E-state index contributed by atoms with van der Waals surface area (Å²) in [7, 11) is 0. The quantitative estimate of drug-likeness (QED) is 0.210. The van der Waals surface area contributed by atoms with E-state index < -0.39 is 5.54 Å². The zero-order valence-electron chi connectivity index (χ0n) is 17.8. The minimum atomic E-state index is -0.650. The Morgan fingerprint density at radius 1 is 0.727 bits per heavy atom. The molecule has 0 unspecified atom stereocenters. The van der Waals surface area contributed by atoms with Gasteiger partial charge >= 0.3 is 0 Å². The molecule has 0 radical (unpaired) electrons. The van der Waals surface area contributed by atoms with Gasteiger partial charge in [0.05, 0.1) is 12.0 Å². The summed E-state index contributed by atoms with van der Waals surface area (Å²) in [4.78, 5) is 16.5. The highest BCUT2D eigenvalue weighted by atomic mass is 35.5. The lowest BCUT2D eigenvalue weighted by molar-refractivity contribution is 0.112. The van der Waals surface area contributed by atoms with Crippen molar-refractivity contribution in [3.8, 4) is 11.3 Å². The van der Waals surface area contributed by atoms with Crippen LogP contribution >= 0.6 is 11.6 Å². The number of benzene rings is 4. The van der Waals surface area contributed by atoms with E-state index in [0.29, 0.717) is 16.3 Å². The molecular formula is C29H21ClN2O. The summed E-state index contributed by atoms with van der Waals surface area (Å²) < 4.78 is 2.13. The second kappa shape index (κ2) is 8.89. The van der Waals surface area contributed by atoms with E-state index in [0.717, 1.165) is 28.5 Å². The number of hydrogen-bond acceptors (Lipinski definition) is 2. The zero-order valence-corrected chi connectivity index (χ0v) is 18.6. The van der Waals surface area contributed by atoms with Crippen molar-refractivity contribution in [2.75, 3.05) is 0 Å². The van der Waals surface area contributed by atoms with Crippen LogP contribution in [0.5, 0.6) is 0 Å². The Morgan fingerprint density at radius 3 is 1.73 bits per heavy atom. The van der Waals surface area contributed by atoms with Crippen LogP contribution in [0.2, 0.25) is 5.02 Å². The second-order valence-corrected chi connectivity index (χ2v) is 8.26. The summed E-state index contributed by atoms with van der Waals surface area (Å²) >= 11 is 6.12. The van der Waals surface area contributed by atoms with Gasteiger partial charge < -0.3 is 4.57 Å². The molecular weight excluding hydrogens is 428 g/mol. The van der Waals surface area contributed by atoms with Gasteiger partial charge in [-0.2, -0.15) is 0 Å². The molecule has 0 saturated carbocycles. The second-order valence-electron chi connectivity index (χ2n) is 7.82. The van der Waals surface area contributed by atoms with E-state index in [4.69, 9.17) is 16.6 Å². The topological polar surface area (TPSA) is 34.9 Å². The number of halogens is 1. The minimum absolute atomic E-state index is 0.512. The first-order valence-corrected chi connectivity index (χ1v) is 11.1. The molecule has 0 N–H and O–H groups in total. The summed E-state index contributed by atoms with van der Waals surface area (Å²) in [5.41, 5.74) is 4.65. The lowest BCUT2D eigenvalue weighted by Gasteiger charge is -2.37. The van der Waals surface area contributed by atoms with Crippen LogP contribution in [0.1, 0.15) is 27.0 Å². The van der Waals surface area contributed by atoms with Gasteiger partial charge in [0.15, 0.2) is 6.29 Å². The highest BCUT2D eigenvalue weighted by Gasteiger charge is 2.38. The molecule has 160 valence electrons. The number of carbonyl (C=O) groups excluding carboxylic acids is 1. The third-order valence-electron chi connectivity index (χ3n) is 5.96. The van der Waals surface area contributed by atoms with Crippen LogP contribution in [0.4, 0.5) is 0 Å². The van der Waals surface area contributed by atoms with Gasteiger partial charge in [-0.3, -0.25) is 4.79 Å². The number of aromatic nitrogens is 2. The van der Waals surface area contributed by atoms with Crippen molar-refractivity contribution in [3.05, 3.63) is 149 Å². The van der Waals surface area contributed by atoms with E-state index in [-0.39, 0.29) is 0 Å². The molecule has 0 fully saturated rings. The van der Waals surface area contributed by atoms with Crippen LogP contribution in [0.15, 0.2) is 122 Å². The smallest absolute Gasteiger partial charge is 0.150 e. The van der Waals surface area contributed by atoms with Crippen molar-refractivity contribution < 1.29 is 4.79 Å². The van der Waals surface area contributed by atoms with Crippen LogP contribution in [-0.4, -0.2) is 15.8 Å². The predicted molar refractivity (Wildman–Crippen MR) is 133 cm³/mol. The van der Waals surface area contributed by atoms with Crippen LogP contribution in [0.25, 0.3) is 11.3 Å². The number of hydrogen-bond donors (Lipinski definition) is 0. The first kappa shape index (κ1) is 20.9. The molecule has 4 aromatic carbocycles. The third kappa shape index (κ3) is 3.67. The molecule has 0 aliphatic carbocycles. The standard InChI is InChI=1S/C29H21ClN2O/c30-26-16-17-27(22(18-26)20-33)28-19-32(21-31-28)29(23-10-4-1-5-11-23,24-12-6-2-7-13-24)25-14-8-3-9-15-25/h1-21H. The van der Waals surface area contributed by atoms with Crippen LogP contribution in [-0.2, 0) is 5.54 Å². The fourth-order valence-corrected chi connectivity index (χ4v) is 4.68. The van der Waals surface area contributed by atoms with Gasteiger partial charge in [-0.1, -0.05) is 109 Å². The van der Waals surface area contributed by atoms with Crippen molar-refractivity contribution in [3.63, 3.8) is 0 Å². The largest absolute Gasteiger partial charge is 0.318 e. The van der Waals surface area contributed by atoms with E-state index in [1.54, 1.807) is 12.1 Å². The summed E-state index contributed by atoms with van der Waals surface area (Å²) in [6, 6.07) is 36.5. The van der Waals surface area contributed by atoms with E-state index in [1.165, 1.54) is 0 Å². The van der Waals surface area contributed by atoms with E-state index in [1.807, 2.05) is 36.8 Å². The summed E-state index contributed by atoms with van der Waals surface area (Å²) in [5, 5.41) is 0.521. The molecule has 1 aromatic heterocycles. The fourth-order valence-electron chi connectivity index (χ4n) is 4.49. The Morgan fingerprint density at radius 2 is 1.24 bits per heavy atom. The maximum atomic E-state index is 11.7. The van der Waals surface area contributed by atoms with E-state index >= 15 is 0 Å². The lowest BCUT2D eigenvalue weighted by atomic mass is 9.77. The van der Waals surface area contributed by atoms with Crippen molar-refractivity contribution in [1.82, 2.24) is 9.55 Å². The Balaban J connectivity index is 1.81. The summed E-state index contributed by atoms with van der Waals surface area (Å²) in [5.74, 6) is 0. The molecule has 0 atom stereocenters. The molecule has 33 heavy (non-hydrogen) atoms. The average Bonchev–Trinajstić information content (AvgIpc) is 3.36. The number of rotatable bonds is 6. The average molecular weight is 449 g/mol. The zero-order chi connectivity index (χ0) is 22.7. The van der Waals surface area contributed by atoms with Crippen molar-refractivity contribution in [2.24, 2.45) is 0 Å². The minimum Gasteiger partial charge on any atom is -0.318 e. The predicted octanol–water partition coefficient (Wildman–Crippen LogP) is 6.86. The molecule has 4 heteroatoms. The van der Waals surface area contributed by atoms with Crippen molar-refractivity contribution in [1.29, 1.82) is 0 Å². The van der Waals surface area contributed by atoms with Gasteiger partial charge in [0.25, 0.3) is 0 Å². The number of imidazole rings is 1. The molecule has 1 heterocycles. The summed E-state index contributed by atoms with van der Waals surface area (Å²) in [6.07, 6.45) is 4.66. The van der Waals surface area contributed by atoms with Crippen molar-refractivity contribution in [2.45, 2.75) is 5.54 Å². The molecule has 0 bridgehead atoms. The first-order valence-electron chi connectivity index (χ1n) is 10.7.